The Balaban J connectivity index is 1.52. The van der Waals surface area contributed by atoms with Crippen molar-refractivity contribution in [3.63, 3.8) is 0 Å². The molecular weight excluding hydrogens is 404 g/mol. The average Bonchev–Trinajstić information content (AvgIpc) is 2.73. The summed E-state index contributed by atoms with van der Waals surface area (Å²) < 4.78 is 0. The molecule has 0 heterocycles. The van der Waals surface area contributed by atoms with E-state index < -0.39 is 0 Å². The average molecular weight is 431 g/mol. The van der Waals surface area contributed by atoms with E-state index in [1.54, 1.807) is 6.08 Å². The third-order valence-corrected chi connectivity index (χ3v) is 5.63. The highest BCUT2D eigenvalue weighted by molar-refractivity contribution is 8.00. The fraction of sp³-hybridized carbons (Fsp3) is 0.154. The lowest BCUT2D eigenvalue weighted by Gasteiger charge is -2.13. The van der Waals surface area contributed by atoms with Gasteiger partial charge in [0.05, 0.1) is 5.25 Å². The first-order valence-electron chi connectivity index (χ1n) is 10.1. The maximum Gasteiger partial charge on any atom is 0.248 e. The highest BCUT2D eigenvalue weighted by Gasteiger charge is 2.15. The topological polar surface area (TPSA) is 58.2 Å². The van der Waals surface area contributed by atoms with Crippen LogP contribution in [0, 0.1) is 13.8 Å². The van der Waals surface area contributed by atoms with Crippen LogP contribution in [0.3, 0.4) is 0 Å². The van der Waals surface area contributed by atoms with Crippen LogP contribution in [0.1, 0.15) is 23.6 Å². The Morgan fingerprint density at radius 3 is 2.13 bits per heavy atom. The minimum atomic E-state index is -0.255. The van der Waals surface area contributed by atoms with Crippen molar-refractivity contribution in [3.05, 3.63) is 95.6 Å². The molecule has 5 heteroatoms. The summed E-state index contributed by atoms with van der Waals surface area (Å²) >= 11 is 1.48. The van der Waals surface area contributed by atoms with E-state index in [9.17, 15) is 9.59 Å². The third kappa shape index (κ3) is 7.15. The van der Waals surface area contributed by atoms with Crippen molar-refractivity contribution in [2.24, 2.45) is 0 Å². The predicted molar refractivity (Wildman–Crippen MR) is 130 cm³/mol. The molecule has 1 atom stereocenters. The molecule has 0 fully saturated rings. The van der Waals surface area contributed by atoms with Crippen LogP contribution in [0.15, 0.2) is 83.8 Å². The van der Waals surface area contributed by atoms with Gasteiger partial charge in [-0.15, -0.1) is 11.8 Å². The number of rotatable bonds is 7. The third-order valence-electron chi connectivity index (χ3n) is 4.52. The molecule has 1 unspecified atom stereocenters. The van der Waals surface area contributed by atoms with E-state index in [1.807, 2.05) is 87.5 Å². The molecule has 2 N–H and O–H groups in total. The number of nitrogens with one attached hydrogen (secondary N) is 2. The molecular formula is C26H26N2O2S. The van der Waals surface area contributed by atoms with Crippen molar-refractivity contribution in [3.8, 4) is 0 Å². The number of thioether (sulfide) groups is 1. The van der Waals surface area contributed by atoms with Crippen LogP contribution in [-0.2, 0) is 9.59 Å². The molecule has 4 nitrogen and oxygen atoms in total. The van der Waals surface area contributed by atoms with E-state index in [-0.39, 0.29) is 17.1 Å². The highest BCUT2D eigenvalue weighted by atomic mass is 32.2. The van der Waals surface area contributed by atoms with Crippen LogP contribution in [0.25, 0.3) is 6.08 Å². The first-order chi connectivity index (χ1) is 14.9. The fourth-order valence-corrected chi connectivity index (χ4v) is 3.95. The molecule has 31 heavy (non-hydrogen) atoms. The van der Waals surface area contributed by atoms with Gasteiger partial charge in [0.2, 0.25) is 11.8 Å². The minimum Gasteiger partial charge on any atom is -0.325 e. The van der Waals surface area contributed by atoms with Gasteiger partial charge in [-0.25, -0.2) is 0 Å². The van der Waals surface area contributed by atoms with E-state index >= 15 is 0 Å². The van der Waals surface area contributed by atoms with E-state index in [1.165, 1.54) is 17.8 Å². The SMILES string of the molecule is Cc1cc(C)cc(NC(=O)C(C)Sc2ccc(NC(=O)/C=C/c3ccccc3)cc2)c1. The molecule has 0 spiro atoms. The maximum atomic E-state index is 12.5. The summed E-state index contributed by atoms with van der Waals surface area (Å²) in [7, 11) is 0. The summed E-state index contributed by atoms with van der Waals surface area (Å²) in [4.78, 5) is 25.6. The first kappa shape index (κ1) is 22.4. The van der Waals surface area contributed by atoms with Gasteiger partial charge in [0.1, 0.15) is 0 Å². The minimum absolute atomic E-state index is 0.0431. The Labute approximate surface area is 187 Å². The van der Waals surface area contributed by atoms with E-state index in [2.05, 4.69) is 16.7 Å². The van der Waals surface area contributed by atoms with Crippen molar-refractivity contribution >= 4 is 41.0 Å². The van der Waals surface area contributed by atoms with Crippen LogP contribution in [0.4, 0.5) is 11.4 Å². The molecule has 3 aromatic carbocycles. The molecule has 0 saturated heterocycles. The van der Waals surface area contributed by atoms with Gasteiger partial charge < -0.3 is 10.6 Å². The molecule has 2 amide bonds. The Morgan fingerprint density at radius 2 is 1.48 bits per heavy atom. The Hall–Kier alpha value is -3.31. The lowest BCUT2D eigenvalue weighted by molar-refractivity contribution is -0.115. The van der Waals surface area contributed by atoms with Gasteiger partial charge in [0.15, 0.2) is 0 Å². The molecule has 0 aliphatic carbocycles. The summed E-state index contributed by atoms with van der Waals surface area (Å²) in [6.45, 7) is 5.91. The summed E-state index contributed by atoms with van der Waals surface area (Å²) in [6.07, 6.45) is 3.28. The van der Waals surface area contributed by atoms with E-state index in [0.29, 0.717) is 5.69 Å². The molecule has 0 saturated carbocycles. The van der Waals surface area contributed by atoms with Crippen LogP contribution >= 0.6 is 11.8 Å². The summed E-state index contributed by atoms with van der Waals surface area (Å²) in [5.41, 5.74) is 4.73. The van der Waals surface area contributed by atoms with Crippen molar-refractivity contribution in [2.75, 3.05) is 10.6 Å². The Kier molecular flexibility index (Phi) is 7.68. The smallest absolute Gasteiger partial charge is 0.248 e. The normalized spacial score (nSPS) is 11.8. The Morgan fingerprint density at radius 1 is 0.839 bits per heavy atom. The van der Waals surface area contributed by atoms with Crippen LogP contribution < -0.4 is 10.6 Å². The molecule has 0 aliphatic rings. The van der Waals surface area contributed by atoms with Gasteiger partial charge in [-0.1, -0.05) is 36.4 Å². The largest absolute Gasteiger partial charge is 0.325 e. The van der Waals surface area contributed by atoms with Crippen molar-refractivity contribution < 1.29 is 9.59 Å². The number of amides is 2. The van der Waals surface area contributed by atoms with Gasteiger partial charge >= 0.3 is 0 Å². The van der Waals surface area contributed by atoms with Gasteiger partial charge in [-0.05, 0) is 79.9 Å². The number of aryl methyl sites for hydroxylation is 2. The number of anilines is 2. The summed E-state index contributed by atoms with van der Waals surface area (Å²) in [6, 6.07) is 23.2. The second-order valence-corrected chi connectivity index (χ2v) is 8.80. The zero-order valence-corrected chi connectivity index (χ0v) is 18.7. The van der Waals surface area contributed by atoms with Crippen LogP contribution in [0.2, 0.25) is 0 Å². The monoisotopic (exact) mass is 430 g/mol. The number of carbonyl (C=O) groups excluding carboxylic acids is 2. The van der Waals surface area contributed by atoms with Crippen molar-refractivity contribution in [1.82, 2.24) is 0 Å². The number of hydrogen-bond donors (Lipinski definition) is 2. The second-order valence-electron chi connectivity index (χ2n) is 7.38. The van der Waals surface area contributed by atoms with E-state index in [0.717, 1.165) is 27.3 Å². The summed E-state index contributed by atoms with van der Waals surface area (Å²) in [5.74, 6) is -0.233. The number of hydrogen-bond acceptors (Lipinski definition) is 3. The van der Waals surface area contributed by atoms with Crippen molar-refractivity contribution in [1.29, 1.82) is 0 Å². The molecule has 3 aromatic rings. The lowest BCUT2D eigenvalue weighted by Crippen LogP contribution is -2.22. The fourth-order valence-electron chi connectivity index (χ4n) is 3.09. The number of benzene rings is 3. The van der Waals surface area contributed by atoms with Crippen molar-refractivity contribution in [2.45, 2.75) is 30.9 Å². The zero-order valence-electron chi connectivity index (χ0n) is 17.9. The first-order valence-corrected chi connectivity index (χ1v) is 11.0. The second kappa shape index (κ2) is 10.6. The van der Waals surface area contributed by atoms with Gasteiger partial charge in [0.25, 0.3) is 0 Å². The molecule has 0 radical (unpaired) electrons. The summed E-state index contributed by atoms with van der Waals surface area (Å²) in [5, 5.41) is 5.57. The number of carbonyl (C=O) groups is 2. The molecule has 0 aromatic heterocycles. The van der Waals surface area contributed by atoms with Gasteiger partial charge in [-0.2, -0.15) is 0 Å². The predicted octanol–water partition coefficient (Wildman–Crippen LogP) is 6.07. The van der Waals surface area contributed by atoms with Crippen LogP contribution in [0.5, 0.6) is 0 Å². The van der Waals surface area contributed by atoms with Gasteiger partial charge in [-0.3, -0.25) is 9.59 Å². The molecule has 0 aliphatic heterocycles. The quantitative estimate of drug-likeness (QED) is 0.353. The lowest BCUT2D eigenvalue weighted by atomic mass is 10.1. The molecule has 158 valence electrons. The van der Waals surface area contributed by atoms with E-state index in [4.69, 9.17) is 0 Å². The van der Waals surface area contributed by atoms with Crippen LogP contribution in [-0.4, -0.2) is 17.1 Å². The Bertz CT molecular complexity index is 1060. The standard InChI is InChI=1S/C26H26N2O2S/c1-18-15-19(2)17-23(16-18)28-26(30)20(3)31-24-12-10-22(11-13-24)27-25(29)14-9-21-7-5-4-6-8-21/h4-17,20H,1-3H3,(H,27,29)(H,28,30)/b14-9+. The maximum absolute atomic E-state index is 12.5. The zero-order chi connectivity index (χ0) is 22.2. The molecule has 3 rings (SSSR count). The van der Waals surface area contributed by atoms with Gasteiger partial charge in [0, 0.05) is 22.3 Å². The molecule has 0 bridgehead atoms. The highest BCUT2D eigenvalue weighted by Crippen LogP contribution is 2.26.